The summed E-state index contributed by atoms with van der Waals surface area (Å²) in [6, 6.07) is 10.2. The van der Waals surface area contributed by atoms with Crippen molar-refractivity contribution in [2.75, 3.05) is 4.90 Å². The van der Waals surface area contributed by atoms with Crippen LogP contribution in [0.2, 0.25) is 0 Å². The maximum Gasteiger partial charge on any atom is 0.0865 e. The van der Waals surface area contributed by atoms with Gasteiger partial charge in [0.25, 0.3) is 0 Å². The molecule has 3 unspecified atom stereocenters. The first-order valence-corrected chi connectivity index (χ1v) is 11.9. The predicted molar refractivity (Wildman–Crippen MR) is 119 cm³/mol. The van der Waals surface area contributed by atoms with Crippen LogP contribution in [0.5, 0.6) is 0 Å². The number of hydrogen-bond acceptors (Lipinski definition) is 2. The van der Waals surface area contributed by atoms with Crippen molar-refractivity contribution in [2.45, 2.75) is 102 Å². The molecule has 1 aromatic carbocycles. The van der Waals surface area contributed by atoms with Crippen LogP contribution in [0, 0.1) is 18.8 Å². The topological polar surface area (TPSA) is 6.48 Å². The number of rotatable bonds is 3. The highest BCUT2D eigenvalue weighted by Gasteiger charge is 2.57. The molecule has 0 radical (unpaired) electrons. The van der Waals surface area contributed by atoms with Crippen LogP contribution >= 0.6 is 0 Å². The van der Waals surface area contributed by atoms with Gasteiger partial charge in [-0.05, 0) is 69.9 Å². The van der Waals surface area contributed by atoms with Gasteiger partial charge in [0.2, 0.25) is 0 Å². The molecule has 28 heavy (non-hydrogen) atoms. The highest BCUT2D eigenvalue weighted by molar-refractivity contribution is 5.57. The van der Waals surface area contributed by atoms with E-state index in [1.54, 1.807) is 0 Å². The van der Waals surface area contributed by atoms with Crippen molar-refractivity contribution < 1.29 is 0 Å². The highest BCUT2D eigenvalue weighted by Crippen LogP contribution is 2.52. The molecule has 1 aromatic rings. The summed E-state index contributed by atoms with van der Waals surface area (Å²) in [4.78, 5) is 5.84. The smallest absolute Gasteiger partial charge is 0.0865 e. The van der Waals surface area contributed by atoms with Gasteiger partial charge in [-0.2, -0.15) is 0 Å². The van der Waals surface area contributed by atoms with E-state index >= 15 is 0 Å². The van der Waals surface area contributed by atoms with Crippen LogP contribution in [0.15, 0.2) is 36.4 Å². The molecule has 3 fully saturated rings. The summed E-state index contributed by atoms with van der Waals surface area (Å²) in [5.74, 6) is 1.64. The number of anilines is 1. The van der Waals surface area contributed by atoms with Gasteiger partial charge >= 0.3 is 0 Å². The third-order valence-electron chi connectivity index (χ3n) is 8.66. The van der Waals surface area contributed by atoms with Gasteiger partial charge < -0.3 is 4.90 Å². The Kier molecular flexibility index (Phi) is 4.82. The lowest BCUT2D eigenvalue weighted by atomic mass is 9.80. The molecule has 2 aliphatic carbocycles. The second kappa shape index (κ2) is 7.20. The minimum Gasteiger partial charge on any atom is -0.351 e. The van der Waals surface area contributed by atoms with Crippen LogP contribution in [0.1, 0.15) is 77.2 Å². The molecule has 152 valence electrons. The zero-order valence-corrected chi connectivity index (χ0v) is 18.1. The predicted octanol–water partition coefficient (Wildman–Crippen LogP) is 6.30. The molecule has 1 saturated heterocycles. The van der Waals surface area contributed by atoms with Gasteiger partial charge in [0, 0.05) is 17.3 Å². The maximum absolute atomic E-state index is 3.00. The van der Waals surface area contributed by atoms with Gasteiger partial charge in [-0.3, -0.25) is 4.90 Å². The molecule has 0 aromatic heterocycles. The van der Waals surface area contributed by atoms with Crippen molar-refractivity contribution >= 4 is 5.69 Å². The first kappa shape index (κ1) is 18.7. The standard InChI is InChI=1S/C26H38N2/c1-19-11-7-10-16-23(19)27-20(2)24-17-18-26(3,22-14-8-9-15-22)28(24)25(27)21-12-5-4-6-13-21/h7,10-11,16-18,20-22,24-25H,4-6,8-9,12-15H2,1-3H3/t20-,24?,25?,26?/m0/s1. The van der Waals surface area contributed by atoms with Crippen LogP contribution < -0.4 is 4.90 Å². The Morgan fingerprint density at radius 2 is 1.61 bits per heavy atom. The maximum atomic E-state index is 3.00. The fraction of sp³-hybridized carbons (Fsp3) is 0.692. The summed E-state index contributed by atoms with van der Waals surface area (Å²) in [6.45, 7) is 7.36. The summed E-state index contributed by atoms with van der Waals surface area (Å²) >= 11 is 0. The molecule has 0 N–H and O–H groups in total. The molecule has 0 bridgehead atoms. The summed E-state index contributed by atoms with van der Waals surface area (Å²) in [6.07, 6.45) is 18.5. The van der Waals surface area contributed by atoms with E-state index in [1.807, 2.05) is 0 Å². The minimum atomic E-state index is 0.245. The molecule has 2 nitrogen and oxygen atoms in total. The lowest BCUT2D eigenvalue weighted by Crippen LogP contribution is -2.56. The van der Waals surface area contributed by atoms with Crippen molar-refractivity contribution in [3.05, 3.63) is 42.0 Å². The van der Waals surface area contributed by atoms with E-state index in [4.69, 9.17) is 0 Å². The van der Waals surface area contributed by atoms with E-state index in [0.717, 1.165) is 11.8 Å². The molecule has 0 spiro atoms. The van der Waals surface area contributed by atoms with Gasteiger partial charge in [0.1, 0.15) is 0 Å². The normalized spacial score (nSPS) is 37.1. The van der Waals surface area contributed by atoms with E-state index in [9.17, 15) is 0 Å². The van der Waals surface area contributed by atoms with Crippen LogP contribution in [0.4, 0.5) is 5.69 Å². The lowest BCUT2D eigenvalue weighted by molar-refractivity contribution is 0.0368. The van der Waals surface area contributed by atoms with Crippen molar-refractivity contribution in [1.29, 1.82) is 0 Å². The minimum absolute atomic E-state index is 0.245. The van der Waals surface area contributed by atoms with Gasteiger partial charge in [-0.15, -0.1) is 0 Å². The Balaban J connectivity index is 1.58. The van der Waals surface area contributed by atoms with Crippen molar-refractivity contribution in [3.8, 4) is 0 Å². The summed E-state index contributed by atoms with van der Waals surface area (Å²) < 4.78 is 0. The largest absolute Gasteiger partial charge is 0.351 e. The van der Waals surface area contributed by atoms with Crippen LogP contribution in [0.25, 0.3) is 0 Å². The average molecular weight is 379 g/mol. The molecule has 5 rings (SSSR count). The third kappa shape index (κ3) is 2.78. The molecular weight excluding hydrogens is 340 g/mol. The average Bonchev–Trinajstić information content (AvgIpc) is 3.42. The van der Waals surface area contributed by atoms with Gasteiger partial charge in [0.15, 0.2) is 0 Å². The summed E-state index contributed by atoms with van der Waals surface area (Å²) in [5, 5.41) is 0. The number of nitrogens with zero attached hydrogens (tertiary/aromatic N) is 2. The van der Waals surface area contributed by atoms with Crippen LogP contribution in [0.3, 0.4) is 0 Å². The van der Waals surface area contributed by atoms with Crippen molar-refractivity contribution in [2.24, 2.45) is 11.8 Å². The second-order valence-electron chi connectivity index (χ2n) is 10.2. The highest BCUT2D eigenvalue weighted by atomic mass is 15.5. The Bertz CT molecular complexity index is 728. The van der Waals surface area contributed by atoms with E-state index in [2.05, 4.69) is 67.0 Å². The quantitative estimate of drug-likeness (QED) is 0.570. The molecule has 4 atom stereocenters. The second-order valence-corrected chi connectivity index (χ2v) is 10.2. The SMILES string of the molecule is Cc1ccccc1N1C(C2CCCCC2)N2C(C=CC2(C)C2CCCC2)[C@@H]1C. The first-order valence-electron chi connectivity index (χ1n) is 11.9. The van der Waals surface area contributed by atoms with E-state index in [0.29, 0.717) is 18.2 Å². The van der Waals surface area contributed by atoms with Gasteiger partial charge in [-0.25, -0.2) is 0 Å². The zero-order valence-electron chi connectivity index (χ0n) is 18.1. The molecule has 2 heterocycles. The fourth-order valence-corrected chi connectivity index (χ4v) is 7.15. The molecule has 2 saturated carbocycles. The summed E-state index contributed by atoms with van der Waals surface area (Å²) in [5.41, 5.74) is 3.15. The zero-order chi connectivity index (χ0) is 19.3. The van der Waals surface area contributed by atoms with Gasteiger partial charge in [0.05, 0.1) is 12.2 Å². The Morgan fingerprint density at radius 1 is 0.929 bits per heavy atom. The van der Waals surface area contributed by atoms with Crippen LogP contribution in [-0.2, 0) is 0 Å². The van der Waals surface area contributed by atoms with Crippen molar-refractivity contribution in [1.82, 2.24) is 4.90 Å². The number of hydrogen-bond donors (Lipinski definition) is 0. The molecule has 2 heteroatoms. The molecule has 4 aliphatic rings. The number of para-hydroxylation sites is 1. The first-order chi connectivity index (χ1) is 13.6. The van der Waals surface area contributed by atoms with Crippen molar-refractivity contribution in [3.63, 3.8) is 0 Å². The Hall–Kier alpha value is -1.28. The van der Waals surface area contributed by atoms with Crippen LogP contribution in [-0.4, -0.2) is 28.7 Å². The number of benzene rings is 1. The molecular formula is C26H38N2. The fourth-order valence-electron chi connectivity index (χ4n) is 7.15. The molecule has 2 aliphatic heterocycles. The Labute approximate surface area is 172 Å². The Morgan fingerprint density at radius 3 is 2.32 bits per heavy atom. The third-order valence-corrected chi connectivity index (χ3v) is 8.66. The van der Waals surface area contributed by atoms with Gasteiger partial charge in [-0.1, -0.05) is 62.5 Å². The van der Waals surface area contributed by atoms with E-state index in [-0.39, 0.29) is 5.54 Å². The number of fused-ring (bicyclic) bond motifs is 1. The lowest BCUT2D eigenvalue weighted by Gasteiger charge is -2.48. The van der Waals surface area contributed by atoms with E-state index < -0.39 is 0 Å². The number of aryl methyl sites for hydroxylation is 1. The monoisotopic (exact) mass is 378 g/mol. The van der Waals surface area contributed by atoms with E-state index in [1.165, 1.54) is 69.0 Å². The summed E-state index contributed by atoms with van der Waals surface area (Å²) in [7, 11) is 0. The molecule has 0 amide bonds.